The van der Waals surface area contributed by atoms with Gasteiger partial charge in [-0.15, -0.1) is 0 Å². The van der Waals surface area contributed by atoms with Gasteiger partial charge in [-0.1, -0.05) is 41.9 Å². The van der Waals surface area contributed by atoms with Crippen LogP contribution in [0, 0.1) is 0 Å². The van der Waals surface area contributed by atoms with Crippen molar-refractivity contribution in [3.63, 3.8) is 0 Å². The van der Waals surface area contributed by atoms with Gasteiger partial charge in [0, 0.05) is 28.0 Å². The Morgan fingerprint density at radius 3 is 2.25 bits per heavy atom. The number of benzene rings is 2. The average molecular weight is 459 g/mol. The van der Waals surface area contributed by atoms with E-state index in [1.54, 1.807) is 54.6 Å². The molecule has 1 aromatic heterocycles. The molecule has 28 heavy (non-hydrogen) atoms. The summed E-state index contributed by atoms with van der Waals surface area (Å²) in [5.74, 6) is 0.0114. The van der Waals surface area contributed by atoms with E-state index in [0.717, 1.165) is 5.56 Å². The van der Waals surface area contributed by atoms with Crippen LogP contribution >= 0.6 is 15.9 Å². The van der Waals surface area contributed by atoms with Gasteiger partial charge in [0.05, 0.1) is 10.6 Å². The fourth-order valence-electron chi connectivity index (χ4n) is 2.69. The molecule has 0 atom stereocenters. The number of carbonyl (C=O) groups is 1. The maximum absolute atomic E-state index is 12.9. The Balaban J connectivity index is 1.97. The Labute approximate surface area is 173 Å². The third-order valence-corrected chi connectivity index (χ3v) is 6.14. The predicted molar refractivity (Wildman–Crippen MR) is 113 cm³/mol. The summed E-state index contributed by atoms with van der Waals surface area (Å²) in [7, 11) is -3.84. The summed E-state index contributed by atoms with van der Waals surface area (Å²) in [6.07, 6.45) is 3.04. The Hall–Kier alpha value is -2.51. The third-order valence-electron chi connectivity index (χ3n) is 4.27. The van der Waals surface area contributed by atoms with Crippen molar-refractivity contribution >= 4 is 37.4 Å². The number of pyridine rings is 1. The van der Waals surface area contributed by atoms with Crippen LogP contribution in [0.2, 0.25) is 0 Å². The first-order valence-corrected chi connectivity index (χ1v) is 10.9. The quantitative estimate of drug-likeness (QED) is 0.527. The molecule has 3 rings (SSSR count). The number of rotatable bonds is 6. The number of hydrogen-bond donors (Lipinski definition) is 1. The number of hydrogen-bond acceptors (Lipinski definition) is 4. The normalized spacial score (nSPS) is 11.4. The topological polar surface area (TPSA) is 76.1 Å². The van der Waals surface area contributed by atoms with Crippen LogP contribution in [0.1, 0.15) is 41.3 Å². The highest BCUT2D eigenvalue weighted by Gasteiger charge is 2.20. The lowest BCUT2D eigenvalue weighted by atomic mass is 10.0. The molecule has 0 aliphatic heterocycles. The van der Waals surface area contributed by atoms with Crippen molar-refractivity contribution in [2.75, 3.05) is 4.72 Å². The molecule has 1 N–H and O–H groups in total. The van der Waals surface area contributed by atoms with Gasteiger partial charge in [-0.2, -0.15) is 0 Å². The van der Waals surface area contributed by atoms with Gasteiger partial charge >= 0.3 is 0 Å². The number of nitrogens with one attached hydrogen (secondary N) is 1. The van der Waals surface area contributed by atoms with E-state index in [-0.39, 0.29) is 21.9 Å². The molecule has 3 aromatic rings. The maximum Gasteiger partial charge on any atom is 0.261 e. The zero-order valence-electron chi connectivity index (χ0n) is 15.4. The molecule has 1 heterocycles. The first-order valence-electron chi connectivity index (χ1n) is 8.65. The summed E-state index contributed by atoms with van der Waals surface area (Å²) in [6.45, 7) is 4.08. The van der Waals surface area contributed by atoms with Crippen LogP contribution in [0.15, 0.2) is 76.4 Å². The Morgan fingerprint density at radius 2 is 1.64 bits per heavy atom. The Bertz CT molecular complexity index is 1100. The molecule has 0 radical (unpaired) electrons. The summed E-state index contributed by atoms with van der Waals surface area (Å²) in [6, 6.07) is 14.8. The number of carbonyl (C=O) groups excluding carboxylic acids is 1. The van der Waals surface area contributed by atoms with E-state index in [1.165, 1.54) is 12.4 Å². The molecule has 2 aromatic carbocycles. The highest BCUT2D eigenvalue weighted by atomic mass is 79.9. The molecule has 5 nitrogen and oxygen atoms in total. The highest BCUT2D eigenvalue weighted by Crippen LogP contribution is 2.27. The highest BCUT2D eigenvalue weighted by molar-refractivity contribution is 9.10. The third kappa shape index (κ3) is 4.48. The van der Waals surface area contributed by atoms with Crippen LogP contribution in [0.4, 0.5) is 5.69 Å². The van der Waals surface area contributed by atoms with E-state index < -0.39 is 10.0 Å². The van der Waals surface area contributed by atoms with Gasteiger partial charge in [-0.25, -0.2) is 8.42 Å². The van der Waals surface area contributed by atoms with Crippen molar-refractivity contribution in [3.8, 4) is 0 Å². The second kappa shape index (κ2) is 8.24. The number of aromatic nitrogens is 1. The van der Waals surface area contributed by atoms with Crippen LogP contribution in [0.5, 0.6) is 0 Å². The lowest BCUT2D eigenvalue weighted by Crippen LogP contribution is -2.16. The fourth-order valence-corrected chi connectivity index (χ4v) is 4.13. The first kappa shape index (κ1) is 20.2. The summed E-state index contributed by atoms with van der Waals surface area (Å²) in [4.78, 5) is 16.9. The summed E-state index contributed by atoms with van der Waals surface area (Å²) in [5.41, 5.74) is 1.95. The smallest absolute Gasteiger partial charge is 0.261 e. The van der Waals surface area contributed by atoms with Crippen molar-refractivity contribution in [2.45, 2.75) is 24.7 Å². The molecule has 0 saturated carbocycles. The maximum atomic E-state index is 12.9. The lowest BCUT2D eigenvalue weighted by Gasteiger charge is -2.13. The zero-order chi connectivity index (χ0) is 20.3. The summed E-state index contributed by atoms with van der Waals surface area (Å²) in [5, 5.41) is 0. The monoisotopic (exact) mass is 458 g/mol. The van der Waals surface area contributed by atoms with Crippen LogP contribution in [-0.4, -0.2) is 19.2 Å². The molecular weight excluding hydrogens is 440 g/mol. The Morgan fingerprint density at radius 1 is 1.00 bits per heavy atom. The Kier molecular flexibility index (Phi) is 5.96. The first-order chi connectivity index (χ1) is 13.3. The minimum absolute atomic E-state index is 0.141. The molecule has 7 heteroatoms. The van der Waals surface area contributed by atoms with Crippen molar-refractivity contribution in [3.05, 3.63) is 88.2 Å². The number of anilines is 1. The number of sulfonamides is 1. The van der Waals surface area contributed by atoms with Crippen LogP contribution < -0.4 is 4.72 Å². The van der Waals surface area contributed by atoms with Crippen molar-refractivity contribution in [1.82, 2.24) is 4.98 Å². The van der Waals surface area contributed by atoms with Crippen molar-refractivity contribution in [1.29, 1.82) is 0 Å². The molecule has 0 aliphatic rings. The minimum Gasteiger partial charge on any atom is -0.289 e. The van der Waals surface area contributed by atoms with Crippen LogP contribution in [0.3, 0.4) is 0 Å². The van der Waals surface area contributed by atoms with E-state index in [4.69, 9.17) is 0 Å². The molecule has 0 unspecified atom stereocenters. The van der Waals surface area contributed by atoms with E-state index in [2.05, 4.69) is 25.6 Å². The van der Waals surface area contributed by atoms with Gasteiger partial charge in [0.2, 0.25) is 0 Å². The van der Waals surface area contributed by atoms with Crippen LogP contribution in [-0.2, 0) is 10.0 Å². The largest absolute Gasteiger partial charge is 0.289 e. The molecule has 0 spiro atoms. The second-order valence-corrected chi connectivity index (χ2v) is 9.18. The van der Waals surface area contributed by atoms with Crippen LogP contribution in [0.25, 0.3) is 0 Å². The van der Waals surface area contributed by atoms with E-state index in [1.807, 2.05) is 13.8 Å². The van der Waals surface area contributed by atoms with Gasteiger partial charge in [-0.05, 0) is 53.9 Å². The van der Waals surface area contributed by atoms with Gasteiger partial charge in [-0.3, -0.25) is 14.5 Å². The standard InChI is InChI=1S/C21H19BrN2O3S/c1-14(2)15-3-6-18(7-4-15)28(26,27)24-20-8-5-17(22)13-19(20)21(25)16-9-11-23-12-10-16/h3-14,24H,1-2H3. The molecular formula is C21H19BrN2O3S. The van der Waals surface area contributed by atoms with E-state index in [9.17, 15) is 13.2 Å². The van der Waals surface area contributed by atoms with E-state index >= 15 is 0 Å². The summed E-state index contributed by atoms with van der Waals surface area (Å²) >= 11 is 3.34. The SMILES string of the molecule is CC(C)c1ccc(S(=O)(=O)Nc2ccc(Br)cc2C(=O)c2ccncc2)cc1. The molecule has 0 aliphatic carbocycles. The van der Waals surface area contributed by atoms with Crippen molar-refractivity contribution < 1.29 is 13.2 Å². The van der Waals surface area contributed by atoms with Gasteiger partial charge in [0.15, 0.2) is 5.78 Å². The molecule has 0 fully saturated rings. The molecule has 0 bridgehead atoms. The molecule has 0 amide bonds. The minimum atomic E-state index is -3.84. The average Bonchev–Trinajstić information content (AvgIpc) is 2.69. The molecule has 0 saturated heterocycles. The van der Waals surface area contributed by atoms with E-state index in [0.29, 0.717) is 16.0 Å². The lowest BCUT2D eigenvalue weighted by molar-refractivity contribution is 0.103. The predicted octanol–water partition coefficient (Wildman–Crippen LogP) is 5.00. The van der Waals surface area contributed by atoms with Gasteiger partial charge in [0.1, 0.15) is 0 Å². The fraction of sp³-hybridized carbons (Fsp3) is 0.143. The molecule has 144 valence electrons. The van der Waals surface area contributed by atoms with Crippen molar-refractivity contribution in [2.24, 2.45) is 0 Å². The summed E-state index contributed by atoms with van der Waals surface area (Å²) < 4.78 is 28.9. The number of nitrogens with zero attached hydrogens (tertiary/aromatic N) is 1. The van der Waals surface area contributed by atoms with Gasteiger partial charge in [0.25, 0.3) is 10.0 Å². The number of ketones is 1. The second-order valence-electron chi connectivity index (χ2n) is 6.58. The van der Waals surface area contributed by atoms with Gasteiger partial charge < -0.3 is 0 Å². The number of halogens is 1. The zero-order valence-corrected chi connectivity index (χ0v) is 17.8.